The number of fused-ring (bicyclic) bond motifs is 1. The van der Waals surface area contributed by atoms with E-state index in [4.69, 9.17) is 0 Å². The van der Waals surface area contributed by atoms with Gasteiger partial charge < -0.3 is 25.3 Å². The van der Waals surface area contributed by atoms with Crippen molar-refractivity contribution in [2.45, 2.75) is 74.8 Å². The number of hydrogen-bond acceptors (Lipinski definition) is 5. The van der Waals surface area contributed by atoms with Crippen LogP contribution in [0.15, 0.2) is 0 Å². The van der Waals surface area contributed by atoms with E-state index in [1.165, 1.54) is 19.3 Å². The second-order valence-electron chi connectivity index (χ2n) is 7.43. The highest BCUT2D eigenvalue weighted by Gasteiger charge is 2.62. The van der Waals surface area contributed by atoms with Gasteiger partial charge >= 0.3 is 0 Å². The molecule has 1 heterocycles. The second kappa shape index (κ2) is 5.78. The molecule has 3 aliphatic rings. The largest absolute Gasteiger partial charge is 0.390 e. The Labute approximate surface area is 126 Å². The van der Waals surface area contributed by atoms with Crippen LogP contribution in [0.2, 0.25) is 0 Å². The van der Waals surface area contributed by atoms with Gasteiger partial charge in [-0.1, -0.05) is 6.42 Å². The third kappa shape index (κ3) is 2.75. The van der Waals surface area contributed by atoms with Crippen LogP contribution < -0.4 is 0 Å². The molecule has 0 aromatic rings. The fourth-order valence-corrected chi connectivity index (χ4v) is 4.73. The van der Waals surface area contributed by atoms with E-state index in [2.05, 4.69) is 4.90 Å². The Morgan fingerprint density at radius 3 is 2.33 bits per heavy atom. The van der Waals surface area contributed by atoms with Crippen LogP contribution in [0.3, 0.4) is 0 Å². The molecule has 0 aromatic heterocycles. The zero-order valence-corrected chi connectivity index (χ0v) is 12.7. The Morgan fingerprint density at radius 1 is 0.952 bits per heavy atom. The van der Waals surface area contributed by atoms with Crippen molar-refractivity contribution in [3.8, 4) is 0 Å². The third-order valence-corrected chi connectivity index (χ3v) is 6.14. The van der Waals surface area contributed by atoms with E-state index in [1.807, 2.05) is 0 Å². The molecule has 1 saturated heterocycles. The van der Waals surface area contributed by atoms with E-state index in [-0.39, 0.29) is 18.8 Å². The standard InChI is InChI=1S/C16H29NO4/c18-13-10-15(20)6-4-12(16(15,21)11-14(13)19)5-9-17-7-2-1-3-8-17/h12-14,18-21H,1-11H2. The Bertz CT molecular complexity index is 373. The van der Waals surface area contributed by atoms with Crippen LogP contribution in [0.5, 0.6) is 0 Å². The molecule has 0 bridgehead atoms. The summed E-state index contributed by atoms with van der Waals surface area (Å²) in [6, 6.07) is 0. The highest BCUT2D eigenvalue weighted by Crippen LogP contribution is 2.53. The molecule has 5 unspecified atom stereocenters. The lowest BCUT2D eigenvalue weighted by Gasteiger charge is -2.48. The Balaban J connectivity index is 1.64. The lowest BCUT2D eigenvalue weighted by atomic mass is 9.68. The molecule has 5 heteroatoms. The first kappa shape index (κ1) is 15.7. The van der Waals surface area contributed by atoms with Crippen molar-refractivity contribution >= 4 is 0 Å². The monoisotopic (exact) mass is 299 g/mol. The maximum atomic E-state index is 11.0. The topological polar surface area (TPSA) is 84.2 Å². The zero-order chi connectivity index (χ0) is 15.1. The van der Waals surface area contributed by atoms with E-state index in [9.17, 15) is 20.4 Å². The number of likely N-dealkylation sites (tertiary alicyclic amines) is 1. The van der Waals surface area contributed by atoms with Crippen molar-refractivity contribution in [1.82, 2.24) is 4.90 Å². The third-order valence-electron chi connectivity index (χ3n) is 6.14. The van der Waals surface area contributed by atoms with Gasteiger partial charge in [-0.25, -0.2) is 0 Å². The summed E-state index contributed by atoms with van der Waals surface area (Å²) in [5.74, 6) is 0.0200. The van der Waals surface area contributed by atoms with Crippen LogP contribution in [0.1, 0.15) is 51.4 Å². The Morgan fingerprint density at radius 2 is 1.62 bits per heavy atom. The van der Waals surface area contributed by atoms with Gasteiger partial charge in [-0.15, -0.1) is 0 Å². The average molecular weight is 299 g/mol. The van der Waals surface area contributed by atoms with E-state index in [1.54, 1.807) is 0 Å². The minimum absolute atomic E-state index is 0.0200. The molecular weight excluding hydrogens is 270 g/mol. The first-order valence-electron chi connectivity index (χ1n) is 8.48. The number of aliphatic hydroxyl groups is 4. The molecule has 5 atom stereocenters. The first-order chi connectivity index (χ1) is 9.95. The summed E-state index contributed by atoms with van der Waals surface area (Å²) in [6.45, 7) is 3.23. The second-order valence-corrected chi connectivity index (χ2v) is 7.43. The zero-order valence-electron chi connectivity index (χ0n) is 12.7. The minimum atomic E-state index is -1.23. The molecule has 2 aliphatic carbocycles. The average Bonchev–Trinajstić information content (AvgIpc) is 2.70. The van der Waals surface area contributed by atoms with Gasteiger partial charge in [0.05, 0.1) is 23.4 Å². The van der Waals surface area contributed by atoms with Crippen LogP contribution in [0.4, 0.5) is 0 Å². The van der Waals surface area contributed by atoms with E-state index in [0.717, 1.165) is 32.5 Å². The molecule has 0 spiro atoms. The summed E-state index contributed by atoms with van der Waals surface area (Å²) in [4.78, 5) is 2.44. The summed E-state index contributed by atoms with van der Waals surface area (Å²) in [6.07, 6.45) is 4.32. The Hall–Kier alpha value is -0.200. The SMILES string of the molecule is OC1CC2(O)CCC(CCN3CCCCC3)C2(O)CC1O. The highest BCUT2D eigenvalue weighted by atomic mass is 16.4. The summed E-state index contributed by atoms with van der Waals surface area (Å²) in [5.41, 5.74) is -2.46. The number of aliphatic hydroxyl groups excluding tert-OH is 2. The number of nitrogens with zero attached hydrogens (tertiary/aromatic N) is 1. The summed E-state index contributed by atoms with van der Waals surface area (Å²) in [5, 5.41) is 41.4. The van der Waals surface area contributed by atoms with Crippen molar-refractivity contribution in [2.24, 2.45) is 5.92 Å². The predicted molar refractivity (Wildman–Crippen MR) is 78.8 cm³/mol. The predicted octanol–water partition coefficient (Wildman–Crippen LogP) is 0.250. The van der Waals surface area contributed by atoms with Gasteiger partial charge in [-0.3, -0.25) is 0 Å². The van der Waals surface area contributed by atoms with Gasteiger partial charge in [0.2, 0.25) is 0 Å². The van der Waals surface area contributed by atoms with Crippen LogP contribution >= 0.6 is 0 Å². The van der Waals surface area contributed by atoms with Crippen molar-refractivity contribution in [2.75, 3.05) is 19.6 Å². The lowest BCUT2D eigenvalue weighted by Crippen LogP contribution is -2.62. The smallest absolute Gasteiger partial charge is 0.0988 e. The molecule has 0 aromatic carbocycles. The minimum Gasteiger partial charge on any atom is -0.390 e. The van der Waals surface area contributed by atoms with Gasteiger partial charge in [0, 0.05) is 12.8 Å². The lowest BCUT2D eigenvalue weighted by molar-refractivity contribution is -0.220. The highest BCUT2D eigenvalue weighted by molar-refractivity contribution is 5.14. The molecule has 2 saturated carbocycles. The van der Waals surface area contributed by atoms with Gasteiger partial charge in [0.25, 0.3) is 0 Å². The van der Waals surface area contributed by atoms with Gasteiger partial charge in [-0.2, -0.15) is 0 Å². The summed E-state index contributed by atoms with van der Waals surface area (Å²) in [7, 11) is 0. The molecule has 5 nitrogen and oxygen atoms in total. The molecule has 1 aliphatic heterocycles. The quantitative estimate of drug-likeness (QED) is 0.600. The number of rotatable bonds is 3. The van der Waals surface area contributed by atoms with Crippen molar-refractivity contribution in [3.05, 3.63) is 0 Å². The molecule has 4 N–H and O–H groups in total. The van der Waals surface area contributed by atoms with Gasteiger partial charge in [-0.05, 0) is 57.7 Å². The molecule has 0 amide bonds. The molecule has 0 radical (unpaired) electrons. The van der Waals surface area contributed by atoms with Gasteiger partial charge in [0.15, 0.2) is 0 Å². The first-order valence-corrected chi connectivity index (χ1v) is 8.48. The fraction of sp³-hybridized carbons (Fsp3) is 1.00. The van der Waals surface area contributed by atoms with Gasteiger partial charge in [0.1, 0.15) is 0 Å². The molecule has 3 fully saturated rings. The molecule has 21 heavy (non-hydrogen) atoms. The molecule has 122 valence electrons. The van der Waals surface area contributed by atoms with Crippen LogP contribution in [0.25, 0.3) is 0 Å². The van der Waals surface area contributed by atoms with E-state index < -0.39 is 23.4 Å². The van der Waals surface area contributed by atoms with E-state index in [0.29, 0.717) is 6.42 Å². The van der Waals surface area contributed by atoms with Crippen molar-refractivity contribution in [1.29, 1.82) is 0 Å². The summed E-state index contributed by atoms with van der Waals surface area (Å²) < 4.78 is 0. The fourth-order valence-electron chi connectivity index (χ4n) is 4.73. The van der Waals surface area contributed by atoms with Crippen molar-refractivity contribution in [3.63, 3.8) is 0 Å². The van der Waals surface area contributed by atoms with Crippen molar-refractivity contribution < 1.29 is 20.4 Å². The van der Waals surface area contributed by atoms with E-state index >= 15 is 0 Å². The molecular formula is C16H29NO4. The summed E-state index contributed by atoms with van der Waals surface area (Å²) >= 11 is 0. The molecule has 3 rings (SSSR count). The normalized spacial score (nSPS) is 48.3. The number of piperidine rings is 1. The number of hydrogen-bond donors (Lipinski definition) is 4. The van der Waals surface area contributed by atoms with Crippen LogP contribution in [-0.2, 0) is 0 Å². The maximum Gasteiger partial charge on any atom is 0.0988 e. The maximum absolute atomic E-state index is 11.0. The van der Waals surface area contributed by atoms with Crippen LogP contribution in [-0.4, -0.2) is 68.4 Å². The Kier molecular flexibility index (Phi) is 4.32. The van der Waals surface area contributed by atoms with Crippen LogP contribution in [0, 0.1) is 5.92 Å².